The Bertz CT molecular complexity index is 347. The summed E-state index contributed by atoms with van der Waals surface area (Å²) in [5.74, 6) is 1.57. The Hall–Kier alpha value is -1.16. The van der Waals surface area contributed by atoms with E-state index in [1.54, 1.807) is 12.4 Å². The van der Waals surface area contributed by atoms with Crippen LogP contribution in [-0.2, 0) is 0 Å². The number of anilines is 1. The van der Waals surface area contributed by atoms with E-state index < -0.39 is 0 Å². The molecule has 1 saturated carbocycles. The lowest BCUT2D eigenvalue weighted by Crippen LogP contribution is -2.37. The Labute approximate surface area is 103 Å². The summed E-state index contributed by atoms with van der Waals surface area (Å²) in [5, 5.41) is 3.47. The number of hydrogen-bond donors (Lipinski definition) is 2. The van der Waals surface area contributed by atoms with Crippen LogP contribution in [0, 0.1) is 12.8 Å². The van der Waals surface area contributed by atoms with E-state index in [1.807, 2.05) is 6.92 Å². The van der Waals surface area contributed by atoms with Crippen LogP contribution in [-0.4, -0.2) is 22.6 Å². The van der Waals surface area contributed by atoms with Gasteiger partial charge in [0.1, 0.15) is 5.82 Å². The van der Waals surface area contributed by atoms with Crippen LogP contribution < -0.4 is 11.1 Å². The Morgan fingerprint density at radius 2 is 2.00 bits per heavy atom. The van der Waals surface area contributed by atoms with Gasteiger partial charge < -0.3 is 11.1 Å². The Kier molecular flexibility index (Phi) is 4.31. The molecule has 0 spiro atoms. The summed E-state index contributed by atoms with van der Waals surface area (Å²) in [6.45, 7) is 2.64. The van der Waals surface area contributed by atoms with E-state index in [0.717, 1.165) is 11.5 Å². The summed E-state index contributed by atoms with van der Waals surface area (Å²) >= 11 is 0. The van der Waals surface area contributed by atoms with E-state index in [0.29, 0.717) is 18.5 Å². The van der Waals surface area contributed by atoms with Crippen molar-refractivity contribution in [2.24, 2.45) is 11.7 Å². The number of aromatic nitrogens is 2. The first-order chi connectivity index (χ1) is 8.31. The van der Waals surface area contributed by atoms with Gasteiger partial charge in [0.2, 0.25) is 0 Å². The first kappa shape index (κ1) is 12.3. The molecule has 94 valence electrons. The van der Waals surface area contributed by atoms with E-state index in [-0.39, 0.29) is 0 Å². The van der Waals surface area contributed by atoms with Crippen molar-refractivity contribution in [2.45, 2.75) is 45.1 Å². The number of nitrogens with one attached hydrogen (secondary N) is 1. The molecule has 0 radical (unpaired) electrons. The van der Waals surface area contributed by atoms with Crippen LogP contribution in [0.3, 0.4) is 0 Å². The van der Waals surface area contributed by atoms with E-state index >= 15 is 0 Å². The Balaban J connectivity index is 2.01. The molecule has 0 aliphatic heterocycles. The number of nitrogens with two attached hydrogens (primary N) is 1. The lowest BCUT2D eigenvalue weighted by atomic mass is 9.84. The van der Waals surface area contributed by atoms with Crippen molar-refractivity contribution < 1.29 is 0 Å². The summed E-state index contributed by atoms with van der Waals surface area (Å²) < 4.78 is 0. The van der Waals surface area contributed by atoms with Gasteiger partial charge in [-0.15, -0.1) is 0 Å². The number of nitrogens with zero attached hydrogens (tertiary/aromatic N) is 2. The normalized spacial score (nSPS) is 18.9. The molecule has 0 saturated heterocycles. The second-order valence-electron chi connectivity index (χ2n) is 4.87. The minimum Gasteiger partial charge on any atom is -0.364 e. The van der Waals surface area contributed by atoms with Gasteiger partial charge in [0.05, 0.1) is 5.69 Å². The molecule has 3 N–H and O–H groups in total. The van der Waals surface area contributed by atoms with Crippen LogP contribution in [0.25, 0.3) is 0 Å². The van der Waals surface area contributed by atoms with E-state index in [1.165, 1.54) is 32.1 Å². The smallest absolute Gasteiger partial charge is 0.147 e. The lowest BCUT2D eigenvalue weighted by molar-refractivity contribution is 0.320. The molecule has 2 rings (SSSR count). The highest BCUT2D eigenvalue weighted by Crippen LogP contribution is 2.27. The summed E-state index contributed by atoms with van der Waals surface area (Å²) in [5.41, 5.74) is 6.84. The van der Waals surface area contributed by atoms with Gasteiger partial charge in [-0.3, -0.25) is 4.98 Å². The van der Waals surface area contributed by atoms with Gasteiger partial charge in [0, 0.05) is 25.0 Å². The van der Waals surface area contributed by atoms with Crippen molar-refractivity contribution in [3.63, 3.8) is 0 Å². The predicted molar refractivity (Wildman–Crippen MR) is 69.8 cm³/mol. The number of rotatable bonds is 4. The van der Waals surface area contributed by atoms with E-state index in [2.05, 4.69) is 15.3 Å². The summed E-state index contributed by atoms with van der Waals surface area (Å²) in [7, 11) is 0. The van der Waals surface area contributed by atoms with Gasteiger partial charge in [-0.05, 0) is 25.7 Å². The summed E-state index contributed by atoms with van der Waals surface area (Å²) in [6.07, 6.45) is 10.1. The monoisotopic (exact) mass is 234 g/mol. The second kappa shape index (κ2) is 5.96. The highest BCUT2D eigenvalue weighted by molar-refractivity contribution is 5.39. The maximum atomic E-state index is 5.89. The molecule has 4 nitrogen and oxygen atoms in total. The van der Waals surface area contributed by atoms with Crippen molar-refractivity contribution in [3.8, 4) is 0 Å². The van der Waals surface area contributed by atoms with Gasteiger partial charge in [0.25, 0.3) is 0 Å². The van der Waals surface area contributed by atoms with Crippen LogP contribution in [0.1, 0.15) is 37.8 Å². The SMILES string of the molecule is Cc1nccnc1NC(CN)C1CCCCC1. The third-order valence-electron chi connectivity index (χ3n) is 3.68. The average molecular weight is 234 g/mol. The molecule has 0 aromatic carbocycles. The van der Waals surface area contributed by atoms with Crippen molar-refractivity contribution >= 4 is 5.82 Å². The molecule has 17 heavy (non-hydrogen) atoms. The zero-order valence-electron chi connectivity index (χ0n) is 10.5. The molecule has 1 atom stereocenters. The van der Waals surface area contributed by atoms with E-state index in [9.17, 15) is 0 Å². The standard InChI is InChI=1S/C13H22N4/c1-10-13(16-8-7-15-10)17-12(9-14)11-5-3-2-4-6-11/h7-8,11-12H,2-6,9,14H2,1H3,(H,16,17). The largest absolute Gasteiger partial charge is 0.364 e. The fourth-order valence-electron chi connectivity index (χ4n) is 2.63. The minimum atomic E-state index is 0.339. The zero-order chi connectivity index (χ0) is 12.1. The average Bonchev–Trinajstić information content (AvgIpc) is 2.39. The van der Waals surface area contributed by atoms with Crippen molar-refractivity contribution in [3.05, 3.63) is 18.1 Å². The fourth-order valence-corrected chi connectivity index (χ4v) is 2.63. The van der Waals surface area contributed by atoms with Gasteiger partial charge in [-0.2, -0.15) is 0 Å². The molecule has 1 aliphatic rings. The maximum absolute atomic E-state index is 5.89. The molecule has 1 aromatic rings. The van der Waals surface area contributed by atoms with Gasteiger partial charge in [0.15, 0.2) is 0 Å². The van der Waals surface area contributed by atoms with Crippen LogP contribution in [0.2, 0.25) is 0 Å². The van der Waals surface area contributed by atoms with Crippen molar-refractivity contribution in [2.75, 3.05) is 11.9 Å². The quantitative estimate of drug-likeness (QED) is 0.837. The third-order valence-corrected chi connectivity index (χ3v) is 3.68. The van der Waals surface area contributed by atoms with E-state index in [4.69, 9.17) is 5.73 Å². The number of aryl methyl sites for hydroxylation is 1. The molecule has 1 heterocycles. The summed E-state index contributed by atoms with van der Waals surface area (Å²) in [4.78, 5) is 8.58. The first-order valence-electron chi connectivity index (χ1n) is 6.55. The summed E-state index contributed by atoms with van der Waals surface area (Å²) in [6, 6.07) is 0.339. The molecule has 1 fully saturated rings. The Morgan fingerprint density at radius 3 is 2.65 bits per heavy atom. The van der Waals surface area contributed by atoms with Crippen LogP contribution in [0.4, 0.5) is 5.82 Å². The van der Waals surface area contributed by atoms with Gasteiger partial charge >= 0.3 is 0 Å². The molecular weight excluding hydrogens is 212 g/mol. The molecule has 4 heteroatoms. The van der Waals surface area contributed by atoms with Crippen molar-refractivity contribution in [1.29, 1.82) is 0 Å². The molecule has 0 bridgehead atoms. The van der Waals surface area contributed by atoms with Crippen LogP contribution >= 0.6 is 0 Å². The molecular formula is C13H22N4. The zero-order valence-corrected chi connectivity index (χ0v) is 10.5. The van der Waals surface area contributed by atoms with Crippen LogP contribution in [0.5, 0.6) is 0 Å². The predicted octanol–water partition coefficient (Wildman–Crippen LogP) is 2.10. The maximum Gasteiger partial charge on any atom is 0.147 e. The minimum absolute atomic E-state index is 0.339. The second-order valence-corrected chi connectivity index (χ2v) is 4.87. The van der Waals surface area contributed by atoms with Crippen molar-refractivity contribution in [1.82, 2.24) is 9.97 Å². The third kappa shape index (κ3) is 3.16. The Morgan fingerprint density at radius 1 is 1.29 bits per heavy atom. The molecule has 1 aromatic heterocycles. The fraction of sp³-hybridized carbons (Fsp3) is 0.692. The first-order valence-corrected chi connectivity index (χ1v) is 6.55. The highest BCUT2D eigenvalue weighted by atomic mass is 15.1. The molecule has 1 unspecified atom stereocenters. The molecule has 0 amide bonds. The number of hydrogen-bond acceptors (Lipinski definition) is 4. The topological polar surface area (TPSA) is 63.8 Å². The lowest BCUT2D eigenvalue weighted by Gasteiger charge is -2.30. The van der Waals surface area contributed by atoms with Crippen LogP contribution in [0.15, 0.2) is 12.4 Å². The van der Waals surface area contributed by atoms with Gasteiger partial charge in [-0.1, -0.05) is 19.3 Å². The molecule has 1 aliphatic carbocycles. The van der Waals surface area contributed by atoms with Gasteiger partial charge in [-0.25, -0.2) is 4.98 Å². The highest BCUT2D eigenvalue weighted by Gasteiger charge is 2.23.